The van der Waals surface area contributed by atoms with E-state index in [1.165, 1.54) is 30.8 Å². The van der Waals surface area contributed by atoms with Crippen LogP contribution in [-0.4, -0.2) is 83.8 Å². The Morgan fingerprint density at radius 1 is 1.14 bits per heavy atom. The van der Waals surface area contributed by atoms with E-state index < -0.39 is 18.6 Å². The Kier molecular flexibility index (Phi) is 10.2. The number of aromatic nitrogens is 3. The molecule has 1 aromatic carbocycles. The summed E-state index contributed by atoms with van der Waals surface area (Å²) in [5.74, 6) is -0.0110. The number of alkyl halides is 1. The fourth-order valence-electron chi connectivity index (χ4n) is 5.76. The van der Waals surface area contributed by atoms with E-state index in [-0.39, 0.29) is 11.6 Å². The van der Waals surface area contributed by atoms with Gasteiger partial charge in [-0.1, -0.05) is 11.3 Å². The number of ether oxygens (including phenoxy) is 2. The van der Waals surface area contributed by atoms with Crippen molar-refractivity contribution in [3.8, 4) is 17.0 Å². The van der Waals surface area contributed by atoms with Gasteiger partial charge in [0.15, 0.2) is 5.13 Å². The molecule has 3 aromatic rings. The Hall–Kier alpha value is -3.68. The molecule has 2 aromatic heterocycles. The second-order valence-corrected chi connectivity index (χ2v) is 12.0. The maximum atomic E-state index is 13.8. The Morgan fingerprint density at radius 2 is 1.95 bits per heavy atom. The molecule has 0 unspecified atom stereocenters. The van der Waals surface area contributed by atoms with Gasteiger partial charge in [0, 0.05) is 49.3 Å². The molecule has 43 heavy (non-hydrogen) atoms. The van der Waals surface area contributed by atoms with Crippen LogP contribution in [0.3, 0.4) is 0 Å². The van der Waals surface area contributed by atoms with Gasteiger partial charge in [-0.05, 0) is 56.3 Å². The van der Waals surface area contributed by atoms with Crippen molar-refractivity contribution in [2.24, 2.45) is 11.8 Å². The van der Waals surface area contributed by atoms with E-state index in [2.05, 4.69) is 20.2 Å². The van der Waals surface area contributed by atoms with Gasteiger partial charge in [-0.2, -0.15) is 0 Å². The third-order valence-electron chi connectivity index (χ3n) is 8.03. The van der Waals surface area contributed by atoms with E-state index in [0.29, 0.717) is 73.0 Å². The predicted molar refractivity (Wildman–Crippen MR) is 161 cm³/mol. The maximum Gasteiger partial charge on any atom is 0.306 e. The average molecular weight is 613 g/mol. The molecule has 2 fully saturated rings. The van der Waals surface area contributed by atoms with Gasteiger partial charge in [0.2, 0.25) is 0 Å². The largest absolute Gasteiger partial charge is 0.496 e. The number of carboxylic acids is 1. The van der Waals surface area contributed by atoms with Gasteiger partial charge < -0.3 is 19.5 Å². The van der Waals surface area contributed by atoms with E-state index in [1.54, 1.807) is 19.2 Å². The number of anilines is 2. The first-order valence-corrected chi connectivity index (χ1v) is 15.3. The molecule has 0 aliphatic carbocycles. The van der Waals surface area contributed by atoms with Gasteiger partial charge in [-0.25, -0.2) is 19.3 Å². The first kappa shape index (κ1) is 30.8. The number of carbonyl (C=O) groups excluding carboxylic acids is 1. The van der Waals surface area contributed by atoms with Gasteiger partial charge in [0.25, 0.3) is 5.91 Å². The molecular formula is C30H37FN6O5S. The quantitative estimate of drug-likeness (QED) is 0.320. The molecule has 11 nitrogen and oxygen atoms in total. The molecule has 0 radical (unpaired) electrons. The number of carboxylic acid groups (broad SMARTS) is 1. The number of methoxy groups -OCH3 is 2. The summed E-state index contributed by atoms with van der Waals surface area (Å²) in [6.45, 7) is 3.69. The molecule has 2 aliphatic rings. The van der Waals surface area contributed by atoms with Crippen LogP contribution in [0.15, 0.2) is 30.6 Å². The number of piperidine rings is 2. The van der Waals surface area contributed by atoms with Crippen molar-refractivity contribution in [2.45, 2.75) is 38.9 Å². The highest BCUT2D eigenvalue weighted by Gasteiger charge is 2.26. The van der Waals surface area contributed by atoms with Crippen LogP contribution in [0.4, 0.5) is 15.3 Å². The number of nitrogens with zero attached hydrogens (tertiary/aromatic N) is 5. The van der Waals surface area contributed by atoms with Gasteiger partial charge in [-0.3, -0.25) is 19.8 Å². The number of carbonyl (C=O) groups is 2. The summed E-state index contributed by atoms with van der Waals surface area (Å²) in [4.78, 5) is 43.2. The molecule has 0 spiro atoms. The number of rotatable bonds is 11. The number of halogens is 1. The molecule has 2 N–H and O–H groups in total. The number of hydrogen-bond donors (Lipinski definition) is 2. The van der Waals surface area contributed by atoms with Crippen LogP contribution in [0, 0.1) is 11.8 Å². The smallest absolute Gasteiger partial charge is 0.306 e. The molecule has 0 saturated carbocycles. The van der Waals surface area contributed by atoms with Crippen LogP contribution in [0.1, 0.15) is 46.6 Å². The second-order valence-electron chi connectivity index (χ2n) is 11.0. The number of benzene rings is 1. The summed E-state index contributed by atoms with van der Waals surface area (Å²) < 4.78 is 24.5. The van der Waals surface area contributed by atoms with E-state index in [4.69, 9.17) is 14.5 Å². The zero-order valence-corrected chi connectivity index (χ0v) is 25.2. The predicted octanol–water partition coefficient (Wildman–Crippen LogP) is 4.49. The lowest BCUT2D eigenvalue weighted by atomic mass is 9.97. The minimum Gasteiger partial charge on any atom is -0.496 e. The molecule has 230 valence electrons. The van der Waals surface area contributed by atoms with Gasteiger partial charge >= 0.3 is 5.97 Å². The van der Waals surface area contributed by atoms with Gasteiger partial charge in [0.1, 0.15) is 23.9 Å². The lowest BCUT2D eigenvalue weighted by Crippen LogP contribution is -2.36. The summed E-state index contributed by atoms with van der Waals surface area (Å²) >= 11 is 1.39. The van der Waals surface area contributed by atoms with Gasteiger partial charge in [-0.15, -0.1) is 0 Å². The summed E-state index contributed by atoms with van der Waals surface area (Å²) in [5.41, 5.74) is 2.02. The van der Waals surface area contributed by atoms with Crippen LogP contribution in [0.2, 0.25) is 0 Å². The molecule has 1 amide bonds. The topological polar surface area (TPSA) is 130 Å². The summed E-state index contributed by atoms with van der Waals surface area (Å²) in [6, 6.07) is 5.34. The maximum absolute atomic E-state index is 13.8. The molecule has 2 saturated heterocycles. The molecule has 2 aliphatic heterocycles. The van der Waals surface area contributed by atoms with Crippen molar-refractivity contribution in [3.63, 3.8) is 0 Å². The molecule has 4 heterocycles. The fraction of sp³-hybridized carbons (Fsp3) is 0.500. The van der Waals surface area contributed by atoms with Crippen molar-refractivity contribution >= 4 is 34.2 Å². The van der Waals surface area contributed by atoms with Crippen molar-refractivity contribution in [3.05, 3.63) is 46.7 Å². The SMILES string of the molecule is COC[C@@H]1CCCN(Cc2sc(NC(=O)c3cnc(N4CCC(C(=O)O)CC4)cn3)nc2-c2ccc(OC)c(CF)c2)C1. The summed E-state index contributed by atoms with van der Waals surface area (Å²) in [6.07, 6.45) is 6.24. The monoisotopic (exact) mass is 612 g/mol. The van der Waals surface area contributed by atoms with E-state index in [9.17, 15) is 19.1 Å². The van der Waals surface area contributed by atoms with E-state index in [0.717, 1.165) is 36.4 Å². The summed E-state index contributed by atoms with van der Waals surface area (Å²) in [5, 5.41) is 12.5. The van der Waals surface area contributed by atoms with Crippen LogP contribution < -0.4 is 15.0 Å². The average Bonchev–Trinajstić information content (AvgIpc) is 3.42. The Labute approximate surface area is 254 Å². The lowest BCUT2D eigenvalue weighted by molar-refractivity contribution is -0.142. The second kappa shape index (κ2) is 14.2. The third-order valence-corrected chi connectivity index (χ3v) is 8.98. The van der Waals surface area contributed by atoms with Crippen LogP contribution in [0.25, 0.3) is 11.3 Å². The number of likely N-dealkylation sites (tertiary alicyclic amines) is 1. The van der Waals surface area contributed by atoms with E-state index >= 15 is 0 Å². The molecule has 5 rings (SSSR count). The van der Waals surface area contributed by atoms with Crippen LogP contribution in [0.5, 0.6) is 5.75 Å². The fourth-order valence-corrected chi connectivity index (χ4v) is 6.78. The first-order chi connectivity index (χ1) is 20.9. The minimum absolute atomic E-state index is 0.144. The van der Waals surface area contributed by atoms with Crippen LogP contribution >= 0.6 is 11.3 Å². The Bertz CT molecular complexity index is 1410. The zero-order valence-electron chi connectivity index (χ0n) is 24.4. The van der Waals surface area contributed by atoms with Crippen LogP contribution in [-0.2, 0) is 22.8 Å². The number of thiazole rings is 1. The molecule has 13 heteroatoms. The first-order valence-electron chi connectivity index (χ1n) is 14.4. The molecule has 1 atom stereocenters. The van der Waals surface area contributed by atoms with Crippen molar-refractivity contribution in [2.75, 3.05) is 57.2 Å². The standard InChI is InChI=1S/C30H37FN6O5S/c1-41-18-19-4-3-9-36(16-19)17-25-27(21-5-6-24(42-2)22(12-21)13-31)34-30(43-25)35-28(38)23-14-33-26(15-32-23)37-10-7-20(8-11-37)29(39)40/h5-6,12,14-15,19-20H,3-4,7-11,13,16-18H2,1-2H3,(H,39,40)(H,34,35,38)/t19-/m1/s1. The lowest BCUT2D eigenvalue weighted by Gasteiger charge is -2.32. The highest BCUT2D eigenvalue weighted by Crippen LogP contribution is 2.36. The van der Waals surface area contributed by atoms with E-state index in [1.807, 2.05) is 11.0 Å². The van der Waals surface area contributed by atoms with Crippen molar-refractivity contribution in [1.29, 1.82) is 0 Å². The number of aliphatic carboxylic acids is 1. The normalized spacial score (nSPS) is 18.0. The summed E-state index contributed by atoms with van der Waals surface area (Å²) in [7, 11) is 3.24. The van der Waals surface area contributed by atoms with Gasteiger partial charge in [0.05, 0.1) is 37.7 Å². The number of hydrogen-bond acceptors (Lipinski definition) is 10. The number of nitrogens with one attached hydrogen (secondary N) is 1. The minimum atomic E-state index is -0.771. The van der Waals surface area contributed by atoms with Crippen molar-refractivity contribution in [1.82, 2.24) is 19.9 Å². The third kappa shape index (κ3) is 7.46. The number of amides is 1. The highest BCUT2D eigenvalue weighted by atomic mass is 32.1. The molecular weight excluding hydrogens is 575 g/mol. The highest BCUT2D eigenvalue weighted by molar-refractivity contribution is 7.16. The Morgan fingerprint density at radius 3 is 2.63 bits per heavy atom. The zero-order chi connectivity index (χ0) is 30.3. The Balaban J connectivity index is 1.33. The van der Waals surface area contributed by atoms with Crippen molar-refractivity contribution < 1.29 is 28.6 Å². The molecule has 0 bridgehead atoms.